The van der Waals surface area contributed by atoms with Crippen LogP contribution in [0.25, 0.3) is 0 Å². The van der Waals surface area contributed by atoms with Crippen molar-refractivity contribution in [2.75, 3.05) is 7.11 Å². The molecule has 1 nitrogen and oxygen atoms in total. The summed E-state index contributed by atoms with van der Waals surface area (Å²) in [5.74, 6) is 0.811. The van der Waals surface area contributed by atoms with Crippen molar-refractivity contribution in [2.45, 2.75) is 58.0 Å². The Balaban J connectivity index is 2.43. The second kappa shape index (κ2) is 7.05. The molecule has 0 saturated carbocycles. The van der Waals surface area contributed by atoms with Crippen LogP contribution in [0.1, 0.15) is 51.9 Å². The Kier molecular flexibility index (Phi) is 5.93. The van der Waals surface area contributed by atoms with Crippen molar-refractivity contribution >= 4 is 0 Å². The molecular weight excluding hydrogens is 172 g/mol. The highest BCUT2D eigenvalue weighted by molar-refractivity contribution is 4.90. The van der Waals surface area contributed by atoms with Gasteiger partial charge in [0.25, 0.3) is 0 Å². The molecule has 0 amide bonds. The minimum absolute atomic E-state index is 0.460. The molecule has 0 heterocycles. The second-order valence-corrected chi connectivity index (χ2v) is 4.33. The molecule has 0 saturated heterocycles. The summed E-state index contributed by atoms with van der Waals surface area (Å²) in [6.07, 6.45) is 14.3. The molecule has 2 unspecified atom stereocenters. The van der Waals surface area contributed by atoms with E-state index in [4.69, 9.17) is 4.74 Å². The van der Waals surface area contributed by atoms with Gasteiger partial charge < -0.3 is 4.74 Å². The van der Waals surface area contributed by atoms with E-state index in [1.54, 1.807) is 0 Å². The van der Waals surface area contributed by atoms with Gasteiger partial charge in [-0.15, -0.1) is 0 Å². The standard InChI is InChI=1S/C13H24O/c1-3-12-8-5-4-6-10-13(14-2)11-7-9-12/h7,9,12-13H,3-6,8,10-11H2,1-2H3. The third-order valence-corrected chi connectivity index (χ3v) is 3.27. The smallest absolute Gasteiger partial charge is 0.0605 e. The predicted molar refractivity (Wildman–Crippen MR) is 61.4 cm³/mol. The van der Waals surface area contributed by atoms with Crippen molar-refractivity contribution < 1.29 is 4.74 Å². The zero-order valence-corrected chi connectivity index (χ0v) is 9.67. The molecule has 0 aromatic carbocycles. The highest BCUT2D eigenvalue weighted by Crippen LogP contribution is 2.19. The third kappa shape index (κ3) is 4.28. The van der Waals surface area contributed by atoms with Gasteiger partial charge >= 0.3 is 0 Å². The predicted octanol–water partition coefficient (Wildman–Crippen LogP) is 3.94. The summed E-state index contributed by atoms with van der Waals surface area (Å²) in [5, 5.41) is 0. The highest BCUT2D eigenvalue weighted by Gasteiger charge is 2.08. The van der Waals surface area contributed by atoms with Gasteiger partial charge in [-0.1, -0.05) is 38.3 Å². The number of methoxy groups -OCH3 is 1. The molecule has 82 valence electrons. The summed E-state index contributed by atoms with van der Waals surface area (Å²) in [6, 6.07) is 0. The van der Waals surface area contributed by atoms with Crippen molar-refractivity contribution in [2.24, 2.45) is 5.92 Å². The molecule has 1 heteroatoms. The van der Waals surface area contributed by atoms with Crippen LogP contribution in [0.15, 0.2) is 12.2 Å². The summed E-state index contributed by atoms with van der Waals surface area (Å²) < 4.78 is 5.44. The lowest BCUT2D eigenvalue weighted by Gasteiger charge is -2.16. The topological polar surface area (TPSA) is 9.23 Å². The van der Waals surface area contributed by atoms with Crippen LogP contribution in [-0.2, 0) is 4.74 Å². The van der Waals surface area contributed by atoms with Gasteiger partial charge in [-0.25, -0.2) is 0 Å². The van der Waals surface area contributed by atoms with Crippen LogP contribution in [0.4, 0.5) is 0 Å². The van der Waals surface area contributed by atoms with E-state index in [1.807, 2.05) is 7.11 Å². The van der Waals surface area contributed by atoms with E-state index in [0.717, 1.165) is 12.3 Å². The van der Waals surface area contributed by atoms with Crippen molar-refractivity contribution in [1.29, 1.82) is 0 Å². The minimum Gasteiger partial charge on any atom is -0.381 e. The summed E-state index contributed by atoms with van der Waals surface area (Å²) in [7, 11) is 1.83. The molecule has 1 rings (SSSR count). The van der Waals surface area contributed by atoms with E-state index in [-0.39, 0.29) is 0 Å². The summed E-state index contributed by atoms with van der Waals surface area (Å²) in [4.78, 5) is 0. The maximum absolute atomic E-state index is 5.44. The van der Waals surface area contributed by atoms with Gasteiger partial charge in [0.1, 0.15) is 0 Å². The van der Waals surface area contributed by atoms with Crippen LogP contribution in [-0.4, -0.2) is 13.2 Å². The molecule has 0 aromatic heterocycles. The van der Waals surface area contributed by atoms with Gasteiger partial charge in [0, 0.05) is 7.11 Å². The second-order valence-electron chi connectivity index (χ2n) is 4.33. The Morgan fingerprint density at radius 2 is 2.00 bits per heavy atom. The first-order valence-electron chi connectivity index (χ1n) is 6.06. The van der Waals surface area contributed by atoms with Crippen molar-refractivity contribution in [3.63, 3.8) is 0 Å². The molecule has 1 aliphatic carbocycles. The van der Waals surface area contributed by atoms with Gasteiger partial charge in [0.05, 0.1) is 6.10 Å². The van der Waals surface area contributed by atoms with E-state index in [9.17, 15) is 0 Å². The van der Waals surface area contributed by atoms with Gasteiger partial charge in [-0.05, 0) is 31.6 Å². The Morgan fingerprint density at radius 1 is 1.21 bits per heavy atom. The first-order chi connectivity index (χ1) is 6.86. The number of allylic oxidation sites excluding steroid dienone is 1. The fourth-order valence-electron chi connectivity index (χ4n) is 2.15. The largest absolute Gasteiger partial charge is 0.381 e. The van der Waals surface area contributed by atoms with E-state index in [0.29, 0.717) is 6.10 Å². The third-order valence-electron chi connectivity index (χ3n) is 3.27. The highest BCUT2D eigenvalue weighted by atomic mass is 16.5. The number of hydrogen-bond acceptors (Lipinski definition) is 1. The number of hydrogen-bond donors (Lipinski definition) is 0. The Hall–Kier alpha value is -0.300. The van der Waals surface area contributed by atoms with Crippen molar-refractivity contribution in [3.05, 3.63) is 12.2 Å². The average Bonchev–Trinajstić information content (AvgIpc) is 2.24. The first kappa shape index (κ1) is 11.8. The van der Waals surface area contributed by atoms with Crippen molar-refractivity contribution in [3.8, 4) is 0 Å². The lowest BCUT2D eigenvalue weighted by molar-refractivity contribution is 0.0946. The normalized spacial score (nSPS) is 30.1. The Labute approximate surface area is 88.5 Å². The molecule has 0 aliphatic heterocycles. The summed E-state index contributed by atoms with van der Waals surface area (Å²) in [6.45, 7) is 2.29. The quantitative estimate of drug-likeness (QED) is 0.608. The fourth-order valence-corrected chi connectivity index (χ4v) is 2.15. The molecule has 14 heavy (non-hydrogen) atoms. The molecule has 0 spiro atoms. The maximum Gasteiger partial charge on any atom is 0.0605 e. The maximum atomic E-state index is 5.44. The van der Waals surface area contributed by atoms with Crippen LogP contribution in [0.3, 0.4) is 0 Å². The van der Waals surface area contributed by atoms with Crippen LogP contribution < -0.4 is 0 Å². The van der Waals surface area contributed by atoms with Gasteiger partial charge in [0.15, 0.2) is 0 Å². The number of rotatable bonds is 2. The minimum atomic E-state index is 0.460. The van der Waals surface area contributed by atoms with E-state index in [1.165, 1.54) is 38.5 Å². The van der Waals surface area contributed by atoms with E-state index in [2.05, 4.69) is 19.1 Å². The van der Waals surface area contributed by atoms with E-state index < -0.39 is 0 Å². The monoisotopic (exact) mass is 196 g/mol. The molecule has 0 bridgehead atoms. The summed E-state index contributed by atoms with van der Waals surface area (Å²) in [5.41, 5.74) is 0. The lowest BCUT2D eigenvalue weighted by atomic mass is 9.94. The zero-order chi connectivity index (χ0) is 10.2. The molecule has 0 N–H and O–H groups in total. The molecule has 1 aliphatic rings. The first-order valence-corrected chi connectivity index (χ1v) is 6.06. The Morgan fingerprint density at radius 3 is 2.71 bits per heavy atom. The van der Waals surface area contributed by atoms with E-state index >= 15 is 0 Å². The van der Waals surface area contributed by atoms with Gasteiger partial charge in [-0.3, -0.25) is 0 Å². The van der Waals surface area contributed by atoms with Gasteiger partial charge in [0.2, 0.25) is 0 Å². The van der Waals surface area contributed by atoms with Crippen LogP contribution in [0.5, 0.6) is 0 Å². The molecule has 0 aromatic rings. The molecular formula is C13H24O. The van der Waals surface area contributed by atoms with Crippen LogP contribution in [0.2, 0.25) is 0 Å². The lowest BCUT2D eigenvalue weighted by Crippen LogP contribution is -2.10. The number of ether oxygens (including phenoxy) is 1. The van der Waals surface area contributed by atoms with Crippen LogP contribution in [0, 0.1) is 5.92 Å². The Bertz CT molecular complexity index is 163. The molecule has 2 atom stereocenters. The zero-order valence-electron chi connectivity index (χ0n) is 9.67. The molecule has 0 radical (unpaired) electrons. The van der Waals surface area contributed by atoms with Gasteiger partial charge in [-0.2, -0.15) is 0 Å². The van der Waals surface area contributed by atoms with Crippen molar-refractivity contribution in [1.82, 2.24) is 0 Å². The average molecular weight is 196 g/mol. The molecule has 0 fully saturated rings. The SMILES string of the molecule is CCC1C=CCC(OC)CCCCC1. The van der Waals surface area contributed by atoms with Crippen LogP contribution >= 0.6 is 0 Å². The fraction of sp³-hybridized carbons (Fsp3) is 0.846. The summed E-state index contributed by atoms with van der Waals surface area (Å²) >= 11 is 0.